The minimum Gasteiger partial charge on any atom is -0.305 e. The number of nitrogens with zero attached hydrogens (tertiary/aromatic N) is 1. The van der Waals surface area contributed by atoms with Crippen molar-refractivity contribution in [3.63, 3.8) is 0 Å². The van der Waals surface area contributed by atoms with E-state index >= 15 is 0 Å². The molecule has 0 aliphatic rings. The molecule has 0 radical (unpaired) electrons. The first kappa shape index (κ1) is 17.0. The average molecular weight is 241 g/mol. The molecule has 0 aliphatic heterocycles. The molecule has 0 saturated heterocycles. The van der Waals surface area contributed by atoms with Crippen molar-refractivity contribution in [3.05, 3.63) is 0 Å². The molecular weight excluding hydrogens is 206 g/mol. The number of rotatable bonds is 8. The standard InChI is InChI=1S/C16H35N/c1-9-11-15(5,6)12-17(8)13-16(7,10-2)14(3)4/h14H,9-13H2,1-8H3. The fraction of sp³-hybridized carbons (Fsp3) is 1.00. The zero-order valence-corrected chi connectivity index (χ0v) is 13.6. The van der Waals surface area contributed by atoms with E-state index in [1.54, 1.807) is 0 Å². The molecule has 0 rings (SSSR count). The normalized spacial score (nSPS) is 16.6. The summed E-state index contributed by atoms with van der Waals surface area (Å²) in [5, 5.41) is 0. The second-order valence-corrected chi connectivity index (χ2v) is 7.25. The molecule has 0 heterocycles. The highest BCUT2D eigenvalue weighted by molar-refractivity contribution is 4.81. The molecule has 0 N–H and O–H groups in total. The van der Waals surface area contributed by atoms with Gasteiger partial charge in [0.1, 0.15) is 0 Å². The fourth-order valence-corrected chi connectivity index (χ4v) is 2.86. The summed E-state index contributed by atoms with van der Waals surface area (Å²) in [7, 11) is 2.29. The molecule has 0 aromatic rings. The van der Waals surface area contributed by atoms with Crippen LogP contribution in [0.2, 0.25) is 0 Å². The first-order valence-electron chi connectivity index (χ1n) is 7.35. The van der Waals surface area contributed by atoms with Crippen molar-refractivity contribution in [2.45, 2.75) is 67.7 Å². The lowest BCUT2D eigenvalue weighted by Gasteiger charge is -2.39. The van der Waals surface area contributed by atoms with Crippen LogP contribution in [-0.2, 0) is 0 Å². The van der Waals surface area contributed by atoms with Gasteiger partial charge in [0, 0.05) is 13.1 Å². The maximum Gasteiger partial charge on any atom is 0.00348 e. The van der Waals surface area contributed by atoms with E-state index in [9.17, 15) is 0 Å². The molecule has 1 heteroatoms. The van der Waals surface area contributed by atoms with E-state index in [4.69, 9.17) is 0 Å². The highest BCUT2D eigenvalue weighted by Crippen LogP contribution is 2.32. The second-order valence-electron chi connectivity index (χ2n) is 7.25. The highest BCUT2D eigenvalue weighted by Gasteiger charge is 2.29. The van der Waals surface area contributed by atoms with Crippen LogP contribution in [0.15, 0.2) is 0 Å². The van der Waals surface area contributed by atoms with Gasteiger partial charge in [0.2, 0.25) is 0 Å². The summed E-state index contributed by atoms with van der Waals surface area (Å²) in [6.45, 7) is 19.0. The van der Waals surface area contributed by atoms with E-state index in [-0.39, 0.29) is 0 Å². The molecule has 0 amide bonds. The van der Waals surface area contributed by atoms with Gasteiger partial charge in [0.25, 0.3) is 0 Å². The van der Waals surface area contributed by atoms with E-state index < -0.39 is 0 Å². The third-order valence-electron chi connectivity index (χ3n) is 4.46. The second kappa shape index (κ2) is 6.78. The molecule has 0 aromatic heterocycles. The van der Waals surface area contributed by atoms with Gasteiger partial charge in [-0.05, 0) is 36.6 Å². The van der Waals surface area contributed by atoms with Crippen LogP contribution in [0.25, 0.3) is 0 Å². The third-order valence-corrected chi connectivity index (χ3v) is 4.46. The monoisotopic (exact) mass is 241 g/mol. The van der Waals surface area contributed by atoms with Crippen molar-refractivity contribution < 1.29 is 0 Å². The Morgan fingerprint density at radius 2 is 1.53 bits per heavy atom. The first-order chi connectivity index (χ1) is 7.67. The van der Waals surface area contributed by atoms with Crippen LogP contribution >= 0.6 is 0 Å². The van der Waals surface area contributed by atoms with Crippen molar-refractivity contribution in [2.75, 3.05) is 20.1 Å². The van der Waals surface area contributed by atoms with E-state index in [2.05, 4.69) is 60.4 Å². The third kappa shape index (κ3) is 5.90. The van der Waals surface area contributed by atoms with E-state index in [0.717, 1.165) is 5.92 Å². The van der Waals surface area contributed by atoms with E-state index in [1.807, 2.05) is 0 Å². The van der Waals surface area contributed by atoms with Crippen LogP contribution in [0, 0.1) is 16.7 Å². The molecule has 1 unspecified atom stereocenters. The predicted molar refractivity (Wildman–Crippen MR) is 79.4 cm³/mol. The van der Waals surface area contributed by atoms with Crippen LogP contribution in [0.5, 0.6) is 0 Å². The lowest BCUT2D eigenvalue weighted by atomic mass is 9.76. The Kier molecular flexibility index (Phi) is 6.76. The predicted octanol–water partition coefficient (Wildman–Crippen LogP) is 4.82. The lowest BCUT2D eigenvalue weighted by molar-refractivity contribution is 0.0987. The van der Waals surface area contributed by atoms with Crippen molar-refractivity contribution in [1.29, 1.82) is 0 Å². The van der Waals surface area contributed by atoms with Gasteiger partial charge in [-0.1, -0.05) is 54.9 Å². The molecule has 1 nitrogen and oxygen atoms in total. The van der Waals surface area contributed by atoms with Gasteiger partial charge in [-0.25, -0.2) is 0 Å². The van der Waals surface area contributed by atoms with Crippen LogP contribution in [-0.4, -0.2) is 25.0 Å². The number of hydrogen-bond acceptors (Lipinski definition) is 1. The van der Waals surface area contributed by atoms with Crippen LogP contribution in [0.3, 0.4) is 0 Å². The average Bonchev–Trinajstić information content (AvgIpc) is 2.15. The minimum atomic E-state index is 0.454. The van der Waals surface area contributed by atoms with Crippen LogP contribution in [0.4, 0.5) is 0 Å². The Morgan fingerprint density at radius 3 is 1.88 bits per heavy atom. The number of hydrogen-bond donors (Lipinski definition) is 0. The molecule has 0 aromatic carbocycles. The molecule has 104 valence electrons. The molecule has 17 heavy (non-hydrogen) atoms. The Bertz CT molecular complexity index is 208. The zero-order valence-electron chi connectivity index (χ0n) is 13.6. The Balaban J connectivity index is 4.38. The summed E-state index contributed by atoms with van der Waals surface area (Å²) in [6.07, 6.45) is 3.88. The van der Waals surface area contributed by atoms with Crippen molar-refractivity contribution >= 4 is 0 Å². The SMILES string of the molecule is CCCC(C)(C)CN(C)CC(C)(CC)C(C)C. The molecule has 0 fully saturated rings. The smallest absolute Gasteiger partial charge is 0.00348 e. The Labute approximate surface area is 110 Å². The topological polar surface area (TPSA) is 3.24 Å². The van der Waals surface area contributed by atoms with Gasteiger partial charge in [-0.15, -0.1) is 0 Å². The zero-order chi connectivity index (χ0) is 13.7. The van der Waals surface area contributed by atoms with E-state index in [1.165, 1.54) is 32.4 Å². The maximum atomic E-state index is 2.54. The van der Waals surface area contributed by atoms with Gasteiger partial charge in [-0.3, -0.25) is 0 Å². The molecule has 0 aliphatic carbocycles. The quantitative estimate of drug-likeness (QED) is 0.589. The molecule has 0 bridgehead atoms. The Morgan fingerprint density at radius 1 is 1.00 bits per heavy atom. The van der Waals surface area contributed by atoms with Gasteiger partial charge >= 0.3 is 0 Å². The molecule has 1 atom stereocenters. The maximum absolute atomic E-state index is 2.54. The minimum absolute atomic E-state index is 0.454. The fourth-order valence-electron chi connectivity index (χ4n) is 2.86. The van der Waals surface area contributed by atoms with Gasteiger partial charge in [0.15, 0.2) is 0 Å². The summed E-state index contributed by atoms with van der Waals surface area (Å²) in [5.74, 6) is 0.754. The molecular formula is C16H35N. The van der Waals surface area contributed by atoms with Gasteiger partial charge in [0.05, 0.1) is 0 Å². The summed E-state index contributed by atoms with van der Waals surface area (Å²) in [6, 6.07) is 0. The summed E-state index contributed by atoms with van der Waals surface area (Å²) in [4.78, 5) is 2.54. The Hall–Kier alpha value is -0.0400. The lowest BCUT2D eigenvalue weighted by Crippen LogP contribution is -2.41. The summed E-state index contributed by atoms with van der Waals surface area (Å²) in [5.41, 5.74) is 0.909. The van der Waals surface area contributed by atoms with Crippen molar-refractivity contribution in [1.82, 2.24) is 4.90 Å². The van der Waals surface area contributed by atoms with Crippen LogP contribution in [0.1, 0.15) is 67.7 Å². The van der Waals surface area contributed by atoms with Gasteiger partial charge < -0.3 is 4.90 Å². The highest BCUT2D eigenvalue weighted by atomic mass is 15.1. The van der Waals surface area contributed by atoms with Crippen molar-refractivity contribution in [2.24, 2.45) is 16.7 Å². The summed E-state index contributed by atoms with van der Waals surface area (Å²) < 4.78 is 0. The van der Waals surface area contributed by atoms with Crippen LogP contribution < -0.4 is 0 Å². The molecule has 0 saturated carbocycles. The van der Waals surface area contributed by atoms with Gasteiger partial charge in [-0.2, -0.15) is 0 Å². The summed E-state index contributed by atoms with van der Waals surface area (Å²) >= 11 is 0. The van der Waals surface area contributed by atoms with Crippen molar-refractivity contribution in [3.8, 4) is 0 Å². The molecule has 0 spiro atoms. The largest absolute Gasteiger partial charge is 0.305 e. The first-order valence-corrected chi connectivity index (χ1v) is 7.35. The van der Waals surface area contributed by atoms with E-state index in [0.29, 0.717) is 10.8 Å².